The molecular formula is C20H23N3O3S. The SMILES string of the molecule is COc1cccc(N2CCN(C(=S)Nc3ccc4c(c3)OCCO4)CC2)c1. The van der Waals surface area contributed by atoms with Gasteiger partial charge in [-0.3, -0.25) is 0 Å². The maximum Gasteiger partial charge on any atom is 0.173 e. The Hall–Kier alpha value is -2.67. The topological polar surface area (TPSA) is 46.2 Å². The summed E-state index contributed by atoms with van der Waals surface area (Å²) in [5, 5.41) is 4.05. The lowest BCUT2D eigenvalue weighted by Crippen LogP contribution is -2.50. The van der Waals surface area contributed by atoms with Crippen molar-refractivity contribution in [2.24, 2.45) is 0 Å². The van der Waals surface area contributed by atoms with Crippen LogP contribution in [0, 0.1) is 0 Å². The number of benzene rings is 2. The molecule has 2 aliphatic heterocycles. The number of hydrogen-bond acceptors (Lipinski definition) is 5. The molecule has 1 saturated heterocycles. The molecule has 2 aliphatic rings. The predicted molar refractivity (Wildman–Crippen MR) is 110 cm³/mol. The molecule has 0 spiro atoms. The molecule has 2 aromatic rings. The van der Waals surface area contributed by atoms with Crippen LogP contribution in [0.4, 0.5) is 11.4 Å². The minimum atomic E-state index is 0.577. The zero-order valence-corrected chi connectivity index (χ0v) is 16.1. The zero-order chi connectivity index (χ0) is 18.6. The predicted octanol–water partition coefficient (Wildman–Crippen LogP) is 2.99. The molecule has 0 saturated carbocycles. The van der Waals surface area contributed by atoms with Crippen LogP contribution in [0.5, 0.6) is 17.2 Å². The number of rotatable bonds is 3. The largest absolute Gasteiger partial charge is 0.497 e. The van der Waals surface area contributed by atoms with Gasteiger partial charge in [-0.2, -0.15) is 0 Å². The number of thiocarbonyl (C=S) groups is 1. The summed E-state index contributed by atoms with van der Waals surface area (Å²) < 4.78 is 16.5. The summed E-state index contributed by atoms with van der Waals surface area (Å²) in [6.07, 6.45) is 0. The summed E-state index contributed by atoms with van der Waals surface area (Å²) >= 11 is 5.61. The first kappa shape index (κ1) is 17.7. The molecule has 1 N–H and O–H groups in total. The van der Waals surface area contributed by atoms with Gasteiger partial charge < -0.3 is 29.3 Å². The average molecular weight is 385 g/mol. The second-order valence-electron chi connectivity index (χ2n) is 6.46. The van der Waals surface area contributed by atoms with Gasteiger partial charge in [-0.1, -0.05) is 6.07 Å². The van der Waals surface area contributed by atoms with Gasteiger partial charge in [0.1, 0.15) is 19.0 Å². The fraction of sp³-hybridized carbons (Fsp3) is 0.350. The molecule has 7 heteroatoms. The van der Waals surface area contributed by atoms with E-state index in [9.17, 15) is 0 Å². The van der Waals surface area contributed by atoms with Gasteiger partial charge in [0.05, 0.1) is 7.11 Å². The van der Waals surface area contributed by atoms with Crippen molar-refractivity contribution in [1.82, 2.24) is 4.90 Å². The van der Waals surface area contributed by atoms with Crippen molar-refractivity contribution in [3.05, 3.63) is 42.5 Å². The highest BCUT2D eigenvalue weighted by Crippen LogP contribution is 2.32. The minimum Gasteiger partial charge on any atom is -0.497 e. The van der Waals surface area contributed by atoms with E-state index in [-0.39, 0.29) is 0 Å². The van der Waals surface area contributed by atoms with Crippen LogP contribution in [-0.4, -0.2) is 56.5 Å². The van der Waals surface area contributed by atoms with Gasteiger partial charge in [-0.15, -0.1) is 0 Å². The third-order valence-electron chi connectivity index (χ3n) is 4.78. The lowest BCUT2D eigenvalue weighted by Gasteiger charge is -2.37. The van der Waals surface area contributed by atoms with E-state index in [1.54, 1.807) is 7.11 Å². The number of anilines is 2. The van der Waals surface area contributed by atoms with E-state index in [1.165, 1.54) is 5.69 Å². The number of ether oxygens (including phenoxy) is 3. The van der Waals surface area contributed by atoms with Crippen molar-refractivity contribution in [1.29, 1.82) is 0 Å². The van der Waals surface area contributed by atoms with Gasteiger partial charge in [0.2, 0.25) is 0 Å². The van der Waals surface area contributed by atoms with Gasteiger partial charge in [-0.25, -0.2) is 0 Å². The summed E-state index contributed by atoms with van der Waals surface area (Å²) in [6, 6.07) is 14.0. The van der Waals surface area contributed by atoms with E-state index < -0.39 is 0 Å². The third kappa shape index (κ3) is 4.03. The second-order valence-corrected chi connectivity index (χ2v) is 6.85. The fourth-order valence-electron chi connectivity index (χ4n) is 3.30. The Bertz CT molecular complexity index is 822. The smallest absolute Gasteiger partial charge is 0.173 e. The van der Waals surface area contributed by atoms with Crippen LogP contribution in [-0.2, 0) is 0 Å². The maximum atomic E-state index is 5.63. The Morgan fingerprint density at radius 2 is 1.78 bits per heavy atom. The van der Waals surface area contributed by atoms with Crippen molar-refractivity contribution < 1.29 is 14.2 Å². The first-order chi connectivity index (χ1) is 13.2. The molecule has 0 amide bonds. The van der Waals surface area contributed by atoms with E-state index in [1.807, 2.05) is 30.3 Å². The molecule has 0 atom stereocenters. The summed E-state index contributed by atoms with van der Waals surface area (Å²) in [5.74, 6) is 2.42. The first-order valence-corrected chi connectivity index (χ1v) is 9.48. The molecule has 2 heterocycles. The van der Waals surface area contributed by atoms with Gasteiger partial charge in [0.15, 0.2) is 16.6 Å². The third-order valence-corrected chi connectivity index (χ3v) is 5.14. The number of nitrogens with one attached hydrogen (secondary N) is 1. The van der Waals surface area contributed by atoms with Gasteiger partial charge in [-0.05, 0) is 36.5 Å². The Labute approximate surface area is 164 Å². The number of piperazine rings is 1. The van der Waals surface area contributed by atoms with Crippen molar-refractivity contribution >= 4 is 28.7 Å². The molecule has 0 radical (unpaired) electrons. The van der Waals surface area contributed by atoms with E-state index in [0.29, 0.717) is 13.2 Å². The normalized spacial score (nSPS) is 16.0. The highest BCUT2D eigenvalue weighted by atomic mass is 32.1. The summed E-state index contributed by atoms with van der Waals surface area (Å²) in [5.41, 5.74) is 2.10. The standard InChI is InChI=1S/C20H23N3O3S/c1-24-17-4-2-3-16(14-17)22-7-9-23(10-8-22)20(27)21-15-5-6-18-19(13-15)26-12-11-25-18/h2-6,13-14H,7-12H2,1H3,(H,21,27). The van der Waals surface area contributed by atoms with Crippen LogP contribution in [0.15, 0.2) is 42.5 Å². The average Bonchev–Trinajstić information content (AvgIpc) is 2.74. The van der Waals surface area contributed by atoms with Gasteiger partial charge in [0, 0.05) is 49.7 Å². The van der Waals surface area contributed by atoms with Crippen molar-refractivity contribution in [3.8, 4) is 17.2 Å². The van der Waals surface area contributed by atoms with Crippen LogP contribution < -0.4 is 24.4 Å². The summed E-state index contributed by atoms with van der Waals surface area (Å²) in [4.78, 5) is 4.55. The zero-order valence-electron chi connectivity index (χ0n) is 15.3. The first-order valence-electron chi connectivity index (χ1n) is 9.07. The number of fused-ring (bicyclic) bond motifs is 1. The summed E-state index contributed by atoms with van der Waals surface area (Å²) in [7, 11) is 1.69. The lowest BCUT2D eigenvalue weighted by atomic mass is 10.2. The molecule has 6 nitrogen and oxygen atoms in total. The van der Waals surface area contributed by atoms with Crippen LogP contribution in [0.2, 0.25) is 0 Å². The Balaban J connectivity index is 1.34. The Morgan fingerprint density at radius 3 is 2.56 bits per heavy atom. The molecule has 4 rings (SSSR count). The van der Waals surface area contributed by atoms with E-state index in [2.05, 4.69) is 27.2 Å². The molecule has 2 aromatic carbocycles. The van der Waals surface area contributed by atoms with Crippen LogP contribution in [0.1, 0.15) is 0 Å². The minimum absolute atomic E-state index is 0.577. The van der Waals surface area contributed by atoms with Crippen LogP contribution >= 0.6 is 12.2 Å². The van der Waals surface area contributed by atoms with E-state index in [4.69, 9.17) is 26.4 Å². The fourth-order valence-corrected chi connectivity index (χ4v) is 3.60. The number of hydrogen-bond donors (Lipinski definition) is 1. The van der Waals surface area contributed by atoms with Crippen LogP contribution in [0.25, 0.3) is 0 Å². The maximum absolute atomic E-state index is 5.63. The molecule has 0 unspecified atom stereocenters. The van der Waals surface area contributed by atoms with Gasteiger partial charge >= 0.3 is 0 Å². The van der Waals surface area contributed by atoms with E-state index in [0.717, 1.165) is 54.2 Å². The van der Waals surface area contributed by atoms with E-state index >= 15 is 0 Å². The Kier molecular flexibility index (Phi) is 5.20. The van der Waals surface area contributed by atoms with Crippen molar-refractivity contribution in [3.63, 3.8) is 0 Å². The highest BCUT2D eigenvalue weighted by Gasteiger charge is 2.20. The quantitative estimate of drug-likeness (QED) is 0.815. The number of nitrogens with zero attached hydrogens (tertiary/aromatic N) is 2. The van der Waals surface area contributed by atoms with Crippen LogP contribution in [0.3, 0.4) is 0 Å². The molecule has 0 aliphatic carbocycles. The monoisotopic (exact) mass is 385 g/mol. The Morgan fingerprint density at radius 1 is 1.00 bits per heavy atom. The number of methoxy groups -OCH3 is 1. The van der Waals surface area contributed by atoms with Gasteiger partial charge in [0.25, 0.3) is 0 Å². The molecule has 0 aromatic heterocycles. The van der Waals surface area contributed by atoms with Crippen molar-refractivity contribution in [2.45, 2.75) is 0 Å². The second kappa shape index (κ2) is 7.92. The molecular weight excluding hydrogens is 362 g/mol. The highest BCUT2D eigenvalue weighted by molar-refractivity contribution is 7.80. The van der Waals surface area contributed by atoms with Crippen molar-refractivity contribution in [2.75, 3.05) is 56.7 Å². The summed E-state index contributed by atoms with van der Waals surface area (Å²) in [6.45, 7) is 4.73. The molecule has 0 bridgehead atoms. The molecule has 1 fully saturated rings. The molecule has 142 valence electrons. The lowest BCUT2D eigenvalue weighted by molar-refractivity contribution is 0.171. The molecule has 27 heavy (non-hydrogen) atoms.